The highest BCUT2D eigenvalue weighted by molar-refractivity contribution is 6.36. The summed E-state index contributed by atoms with van der Waals surface area (Å²) >= 11 is 6.40. The van der Waals surface area contributed by atoms with Crippen molar-refractivity contribution in [2.45, 2.75) is 26.4 Å². The molecule has 3 rings (SSSR count). The Labute approximate surface area is 122 Å². The smallest absolute Gasteiger partial charge is 0.120 e. The number of para-hydroxylation sites is 1. The van der Waals surface area contributed by atoms with Gasteiger partial charge in [0.05, 0.1) is 11.1 Å². The van der Waals surface area contributed by atoms with Gasteiger partial charge in [-0.2, -0.15) is 0 Å². The highest BCUT2D eigenvalue weighted by Gasteiger charge is 2.12. The van der Waals surface area contributed by atoms with Crippen molar-refractivity contribution >= 4 is 22.5 Å². The molecule has 0 radical (unpaired) electrons. The van der Waals surface area contributed by atoms with E-state index in [1.165, 1.54) is 0 Å². The fourth-order valence-electron chi connectivity index (χ4n) is 2.33. The summed E-state index contributed by atoms with van der Waals surface area (Å²) < 4.78 is 5.62. The van der Waals surface area contributed by atoms with E-state index in [2.05, 4.69) is 17.2 Å². The molecule has 0 saturated heterocycles. The fraction of sp³-hybridized carbons (Fsp3) is 0.250. The summed E-state index contributed by atoms with van der Waals surface area (Å²) in [5.41, 5.74) is 2.07. The van der Waals surface area contributed by atoms with E-state index in [0.717, 1.165) is 33.1 Å². The van der Waals surface area contributed by atoms with Crippen molar-refractivity contribution in [1.29, 1.82) is 0 Å². The molecule has 20 heavy (non-hydrogen) atoms. The second kappa shape index (κ2) is 5.35. The van der Waals surface area contributed by atoms with E-state index < -0.39 is 0 Å². The zero-order chi connectivity index (χ0) is 14.1. The van der Waals surface area contributed by atoms with Crippen LogP contribution in [0.2, 0.25) is 5.02 Å². The highest BCUT2D eigenvalue weighted by atomic mass is 35.5. The highest BCUT2D eigenvalue weighted by Crippen LogP contribution is 2.27. The van der Waals surface area contributed by atoms with E-state index in [1.807, 2.05) is 43.3 Å². The number of aromatic nitrogens is 1. The van der Waals surface area contributed by atoms with Crippen LogP contribution < -0.4 is 5.32 Å². The molecule has 0 spiro atoms. The molecule has 2 N–H and O–H groups in total. The predicted molar refractivity (Wildman–Crippen MR) is 82.0 cm³/mol. The lowest BCUT2D eigenvalue weighted by Crippen LogP contribution is -2.17. The molecule has 3 aromatic rings. The lowest BCUT2D eigenvalue weighted by molar-refractivity contribution is 0.415. The average molecular weight is 289 g/mol. The van der Waals surface area contributed by atoms with Gasteiger partial charge in [-0.1, -0.05) is 29.8 Å². The molecule has 1 atom stereocenters. The van der Waals surface area contributed by atoms with Gasteiger partial charge >= 0.3 is 0 Å². The van der Waals surface area contributed by atoms with Gasteiger partial charge < -0.3 is 14.7 Å². The number of benzene rings is 1. The number of rotatable bonds is 4. The Morgan fingerprint density at radius 1 is 1.25 bits per heavy atom. The maximum absolute atomic E-state index is 6.40. The molecule has 0 aliphatic heterocycles. The molecular weight excluding hydrogens is 272 g/mol. The van der Waals surface area contributed by atoms with Gasteiger partial charge in [0.2, 0.25) is 0 Å². The zero-order valence-electron chi connectivity index (χ0n) is 11.5. The molecule has 0 aliphatic rings. The van der Waals surface area contributed by atoms with Crippen LogP contribution in [0.1, 0.15) is 30.2 Å². The first kappa shape index (κ1) is 13.3. The Balaban J connectivity index is 1.75. The Morgan fingerprint density at radius 3 is 2.75 bits per heavy atom. The monoisotopic (exact) mass is 288 g/mol. The molecule has 104 valence electrons. The number of hydrogen-bond donors (Lipinski definition) is 2. The minimum Gasteiger partial charge on any atom is -0.465 e. The largest absolute Gasteiger partial charge is 0.465 e. The topological polar surface area (TPSA) is 41.0 Å². The number of fused-ring (bicyclic) bond motifs is 1. The molecule has 0 aliphatic carbocycles. The summed E-state index contributed by atoms with van der Waals surface area (Å²) in [6.07, 6.45) is 0. The molecule has 2 aromatic heterocycles. The molecule has 0 saturated carbocycles. The molecule has 2 heterocycles. The number of nitrogens with one attached hydrogen (secondary N) is 2. The maximum Gasteiger partial charge on any atom is 0.120 e. The van der Waals surface area contributed by atoms with Gasteiger partial charge in [-0.25, -0.2) is 0 Å². The van der Waals surface area contributed by atoms with Gasteiger partial charge in [0.15, 0.2) is 0 Å². The van der Waals surface area contributed by atoms with Crippen LogP contribution in [-0.4, -0.2) is 4.98 Å². The molecule has 4 heteroatoms. The fourth-order valence-corrected chi connectivity index (χ4v) is 2.61. The zero-order valence-corrected chi connectivity index (χ0v) is 12.3. The Bertz CT molecular complexity index is 729. The van der Waals surface area contributed by atoms with E-state index in [4.69, 9.17) is 16.0 Å². The minimum absolute atomic E-state index is 0.145. The second-order valence-corrected chi connectivity index (χ2v) is 5.39. The molecular formula is C16H17ClN2O. The van der Waals surface area contributed by atoms with Gasteiger partial charge in [0, 0.05) is 23.1 Å². The van der Waals surface area contributed by atoms with Crippen LogP contribution >= 0.6 is 11.6 Å². The Hall–Kier alpha value is -1.71. The normalized spacial score (nSPS) is 12.9. The number of aromatic amines is 1. The standard InChI is InChI=1S/C16H17ClN2O/c1-10-7-8-15(20-10)11(2)18-9-14-16(17)12-5-3-4-6-13(12)19-14/h3-8,11,18-19H,9H2,1-2H3. The van der Waals surface area contributed by atoms with Crippen molar-refractivity contribution in [3.8, 4) is 0 Å². The molecule has 3 nitrogen and oxygen atoms in total. The summed E-state index contributed by atoms with van der Waals surface area (Å²) in [6.45, 7) is 4.70. The van der Waals surface area contributed by atoms with Crippen molar-refractivity contribution in [3.63, 3.8) is 0 Å². The van der Waals surface area contributed by atoms with Gasteiger partial charge in [0.25, 0.3) is 0 Å². The third kappa shape index (κ3) is 2.47. The molecule has 0 fully saturated rings. The summed E-state index contributed by atoms with van der Waals surface area (Å²) in [4.78, 5) is 3.35. The quantitative estimate of drug-likeness (QED) is 0.738. The third-order valence-electron chi connectivity index (χ3n) is 3.49. The number of halogens is 1. The minimum atomic E-state index is 0.145. The van der Waals surface area contributed by atoms with Gasteiger partial charge in [0.1, 0.15) is 11.5 Å². The lowest BCUT2D eigenvalue weighted by Gasteiger charge is -2.10. The number of hydrogen-bond acceptors (Lipinski definition) is 2. The first-order valence-electron chi connectivity index (χ1n) is 6.70. The van der Waals surface area contributed by atoms with Crippen LogP contribution in [0.3, 0.4) is 0 Å². The lowest BCUT2D eigenvalue weighted by atomic mass is 10.2. The number of H-pyrrole nitrogens is 1. The van der Waals surface area contributed by atoms with Crippen LogP contribution in [0, 0.1) is 6.92 Å². The summed E-state index contributed by atoms with van der Waals surface area (Å²) in [6, 6.07) is 12.2. The number of furan rings is 1. The van der Waals surface area contributed by atoms with Crippen molar-refractivity contribution < 1.29 is 4.42 Å². The van der Waals surface area contributed by atoms with Crippen LogP contribution in [0.4, 0.5) is 0 Å². The van der Waals surface area contributed by atoms with E-state index >= 15 is 0 Å². The summed E-state index contributed by atoms with van der Waals surface area (Å²) in [5.74, 6) is 1.87. The van der Waals surface area contributed by atoms with Gasteiger partial charge in [-0.3, -0.25) is 0 Å². The van der Waals surface area contributed by atoms with Gasteiger partial charge in [-0.15, -0.1) is 0 Å². The SMILES string of the molecule is Cc1ccc(C(C)NCc2[nH]c3ccccc3c2Cl)o1. The molecule has 1 aromatic carbocycles. The summed E-state index contributed by atoms with van der Waals surface area (Å²) in [7, 11) is 0. The molecule has 0 amide bonds. The second-order valence-electron chi connectivity index (χ2n) is 5.01. The van der Waals surface area contributed by atoms with E-state index in [9.17, 15) is 0 Å². The predicted octanol–water partition coefficient (Wildman–Crippen LogP) is 4.57. The van der Waals surface area contributed by atoms with Crippen LogP contribution in [0.25, 0.3) is 10.9 Å². The third-order valence-corrected chi connectivity index (χ3v) is 3.92. The van der Waals surface area contributed by atoms with E-state index in [-0.39, 0.29) is 6.04 Å². The molecule has 1 unspecified atom stereocenters. The number of aryl methyl sites for hydroxylation is 1. The van der Waals surface area contributed by atoms with E-state index in [1.54, 1.807) is 0 Å². The Kier molecular flexibility index (Phi) is 3.55. The van der Waals surface area contributed by atoms with Gasteiger partial charge in [-0.05, 0) is 32.0 Å². The summed E-state index contributed by atoms with van der Waals surface area (Å²) in [5, 5.41) is 5.27. The first-order chi connectivity index (χ1) is 9.65. The Morgan fingerprint density at radius 2 is 2.05 bits per heavy atom. The van der Waals surface area contributed by atoms with Crippen LogP contribution in [0.15, 0.2) is 40.8 Å². The van der Waals surface area contributed by atoms with E-state index in [0.29, 0.717) is 6.54 Å². The van der Waals surface area contributed by atoms with Crippen molar-refractivity contribution in [3.05, 3.63) is 58.6 Å². The molecule has 0 bridgehead atoms. The van der Waals surface area contributed by atoms with Crippen molar-refractivity contribution in [2.24, 2.45) is 0 Å². The van der Waals surface area contributed by atoms with Crippen LogP contribution in [0.5, 0.6) is 0 Å². The van der Waals surface area contributed by atoms with Crippen molar-refractivity contribution in [1.82, 2.24) is 10.3 Å². The maximum atomic E-state index is 6.40. The first-order valence-corrected chi connectivity index (χ1v) is 7.08. The van der Waals surface area contributed by atoms with Crippen molar-refractivity contribution in [2.75, 3.05) is 0 Å². The van der Waals surface area contributed by atoms with Crippen LogP contribution in [-0.2, 0) is 6.54 Å². The average Bonchev–Trinajstić information content (AvgIpc) is 3.01.